The fourth-order valence-corrected chi connectivity index (χ4v) is 0. The maximum Gasteiger partial charge on any atom is 1.00 e. The van der Waals surface area contributed by atoms with E-state index in [4.69, 9.17) is 16.0 Å². The zero-order valence-corrected chi connectivity index (χ0v) is 19.0. The normalized spacial score (nSPS) is 2.95. The van der Waals surface area contributed by atoms with Gasteiger partial charge in [0.05, 0.1) is 0 Å². The van der Waals surface area contributed by atoms with E-state index in [0.29, 0.717) is 0 Å². The molecule has 0 saturated heterocycles. The smallest absolute Gasteiger partial charge is 1.00 e. The molecule has 0 heterocycles. The van der Waals surface area contributed by atoms with Gasteiger partial charge in [-0.15, -0.1) is 0 Å². The van der Waals surface area contributed by atoms with Gasteiger partial charge < -0.3 is 65.7 Å². The van der Waals surface area contributed by atoms with E-state index in [0.717, 1.165) is 0 Å². The maximum atomic E-state index is 8.61. The molecule has 0 fully saturated rings. The van der Waals surface area contributed by atoms with E-state index in [1.165, 1.54) is 0 Å². The van der Waals surface area contributed by atoms with Crippen molar-refractivity contribution in [2.45, 2.75) is 0 Å². The maximum absolute atomic E-state index is 8.61. The Morgan fingerprint density at radius 1 is 0.400 bits per heavy atom. The van der Waals surface area contributed by atoms with Crippen molar-refractivity contribution < 1.29 is 170 Å². The van der Waals surface area contributed by atoms with Gasteiger partial charge in [-0.25, -0.2) is 0 Å². The van der Waals surface area contributed by atoms with Crippen molar-refractivity contribution in [3.8, 4) is 0 Å². The van der Waals surface area contributed by atoms with Crippen molar-refractivity contribution >= 4 is 14.5 Å². The molecule has 0 rings (SSSR count). The molecule has 0 amide bonds. The van der Waals surface area contributed by atoms with Crippen molar-refractivity contribution in [1.82, 2.24) is 0 Å². The van der Waals surface area contributed by atoms with E-state index in [1.807, 2.05) is 0 Å². The molecule has 0 aromatic carbocycles. The van der Waals surface area contributed by atoms with Crippen LogP contribution < -0.4 is 101 Å². The molecule has 0 spiro atoms. The molecule has 20 heavy (non-hydrogen) atoms. The van der Waals surface area contributed by atoms with Gasteiger partial charge in [0.25, 0.3) is 0 Å². The van der Waals surface area contributed by atoms with Crippen LogP contribution in [0.1, 0.15) is 0 Å². The second-order valence-corrected chi connectivity index (χ2v) is 2.32. The van der Waals surface area contributed by atoms with Gasteiger partial charge in [-0.3, -0.25) is 0 Å². The second kappa shape index (κ2) is 122. The third kappa shape index (κ3) is 1070. The van der Waals surface area contributed by atoms with E-state index in [1.54, 1.807) is 0 Å². The minimum atomic E-state index is -5.88. The zero-order chi connectivity index (χ0) is 4.50. The largest absolute Gasteiger partial charge is 1.00 e. The first-order valence-corrected chi connectivity index (χ1v) is 3.79. The second-order valence-electron chi connectivity index (χ2n) is 0.447. The van der Waals surface area contributed by atoms with Crippen molar-refractivity contribution in [3.05, 3.63) is 0 Å². The van der Waals surface area contributed by atoms with Crippen LogP contribution >= 0.6 is 0 Å². The van der Waals surface area contributed by atoms with E-state index < -0.39 is 14.5 Å². The van der Waals surface area contributed by atoms with Crippen molar-refractivity contribution in [1.29, 1.82) is 0 Å². The molecule has 0 unspecified atom stereocenters. The third-order valence-corrected chi connectivity index (χ3v) is 0. The molecular formula is H24AsNa3O16. The van der Waals surface area contributed by atoms with Gasteiger partial charge in [-0.1, -0.05) is 0 Å². The predicted octanol–water partition coefficient (Wildman–Crippen LogP) is -23.0. The first-order chi connectivity index (χ1) is 2.00. The summed E-state index contributed by atoms with van der Waals surface area (Å²) in [5.41, 5.74) is 0. The molecule has 0 aliphatic rings. The molecule has 0 atom stereocenters. The SMILES string of the molecule is O.O.O.O.O.O.O.O.O.O.O.O.O=[As]([O-])([O-])[O-].[Na+].[Na+].[Na+]. The Balaban J connectivity index is -0.000000000762. The summed E-state index contributed by atoms with van der Waals surface area (Å²) < 4.78 is 34.4. The summed E-state index contributed by atoms with van der Waals surface area (Å²) >= 11 is -5.88. The predicted molar refractivity (Wildman–Crippen MR) is 49.8 cm³/mol. The summed E-state index contributed by atoms with van der Waals surface area (Å²) in [4.78, 5) is 0. The average molecular weight is 424 g/mol. The van der Waals surface area contributed by atoms with Gasteiger partial charge >= 0.3 is 119 Å². The Morgan fingerprint density at radius 3 is 0.400 bits per heavy atom. The Morgan fingerprint density at radius 2 is 0.400 bits per heavy atom. The first-order valence-electron chi connectivity index (χ1n) is 0.730. The fourth-order valence-electron chi connectivity index (χ4n) is 0. The monoisotopic (exact) mass is 424 g/mol. The van der Waals surface area contributed by atoms with Crippen LogP contribution in [-0.2, 0) is 3.74 Å². The van der Waals surface area contributed by atoms with Gasteiger partial charge in [0.2, 0.25) is 0 Å². The average Bonchev–Trinajstić information content (AvgIpc) is 0.722. The quantitative estimate of drug-likeness (QED) is 0.341. The minimum Gasteiger partial charge on any atom is 1.00 e. The van der Waals surface area contributed by atoms with Crippen LogP contribution in [0.15, 0.2) is 0 Å². The molecule has 24 N–H and O–H groups in total. The molecule has 0 aliphatic heterocycles. The first kappa shape index (κ1) is 236. The van der Waals surface area contributed by atoms with Gasteiger partial charge in [-0.2, -0.15) is 0 Å². The Kier molecular flexibility index (Phi) is 1440. The summed E-state index contributed by atoms with van der Waals surface area (Å²) in [7, 11) is 0. The summed E-state index contributed by atoms with van der Waals surface area (Å²) in [6, 6.07) is 0. The molecule has 0 bridgehead atoms. The van der Waals surface area contributed by atoms with Crippen LogP contribution in [0.3, 0.4) is 0 Å². The van der Waals surface area contributed by atoms with Crippen molar-refractivity contribution in [2.75, 3.05) is 0 Å². The van der Waals surface area contributed by atoms with Crippen LogP contribution in [0.2, 0.25) is 0 Å². The minimum absolute atomic E-state index is 0. The van der Waals surface area contributed by atoms with Gasteiger partial charge in [0.15, 0.2) is 0 Å². The summed E-state index contributed by atoms with van der Waals surface area (Å²) in [6.07, 6.45) is 0. The van der Waals surface area contributed by atoms with Crippen LogP contribution in [0, 0.1) is 0 Å². The number of hydrogen-bond donors (Lipinski definition) is 0. The summed E-state index contributed by atoms with van der Waals surface area (Å²) in [5, 5.41) is 0. The van der Waals surface area contributed by atoms with E-state index in [9.17, 15) is 0 Å². The molecule has 0 aliphatic carbocycles. The van der Waals surface area contributed by atoms with Crippen LogP contribution in [0.25, 0.3) is 0 Å². The Hall–Kier alpha value is 2.76. The van der Waals surface area contributed by atoms with Gasteiger partial charge in [-0.05, 0) is 0 Å². The number of rotatable bonds is 0. The molecule has 0 saturated carbocycles. The molecule has 0 aromatic heterocycles. The Labute approximate surface area is 182 Å². The zero-order valence-electron chi connectivity index (χ0n) is 11.1. The molecule has 128 valence electrons. The van der Waals surface area contributed by atoms with Gasteiger partial charge in [0, 0.05) is 0 Å². The standard InChI is InChI=1S/AsH3O4.3Na.12H2O/c2-1(3,4)5;;;;;;;;;;;;;;;/h(H3,2,3,4,5);;;;12*1H2/q;3*+1;;;;;;;;;;;;/p-3. The number of hydrogen-bond acceptors (Lipinski definition) is 4. The van der Waals surface area contributed by atoms with Crippen molar-refractivity contribution in [2.24, 2.45) is 0 Å². The topological polar surface area (TPSA) is 464 Å². The van der Waals surface area contributed by atoms with E-state index >= 15 is 0 Å². The summed E-state index contributed by atoms with van der Waals surface area (Å²) in [6.45, 7) is 0. The van der Waals surface area contributed by atoms with E-state index in [-0.39, 0.29) is 154 Å². The molecule has 16 nitrogen and oxygen atoms in total. The molecule has 0 aromatic rings. The molecule has 0 radical (unpaired) electrons. The molecule has 20 heteroatoms. The van der Waals surface area contributed by atoms with Crippen LogP contribution in [-0.4, -0.2) is 80.2 Å². The van der Waals surface area contributed by atoms with Crippen LogP contribution in [0.5, 0.6) is 0 Å². The third-order valence-electron chi connectivity index (χ3n) is 0. The van der Waals surface area contributed by atoms with Gasteiger partial charge in [0.1, 0.15) is 0 Å². The molecular weight excluding hydrogens is 400 g/mol. The van der Waals surface area contributed by atoms with Crippen molar-refractivity contribution in [3.63, 3.8) is 0 Å². The van der Waals surface area contributed by atoms with Crippen LogP contribution in [0.4, 0.5) is 0 Å². The Bertz CT molecular complexity index is 63.9. The van der Waals surface area contributed by atoms with E-state index in [2.05, 4.69) is 0 Å². The summed E-state index contributed by atoms with van der Waals surface area (Å²) in [5.74, 6) is 0. The fraction of sp³-hybridized carbons (Fsp3) is 0.